The van der Waals surface area contributed by atoms with E-state index in [-0.39, 0.29) is 18.0 Å². The zero-order valence-electron chi connectivity index (χ0n) is 16.0. The van der Waals surface area contributed by atoms with Crippen LogP contribution in [0.4, 0.5) is 5.69 Å². The summed E-state index contributed by atoms with van der Waals surface area (Å²) < 4.78 is 1.17. The number of anilines is 1. The summed E-state index contributed by atoms with van der Waals surface area (Å²) in [6.45, 7) is 2.07. The first-order valence-electron chi connectivity index (χ1n) is 9.76. The van der Waals surface area contributed by atoms with Gasteiger partial charge in [0.15, 0.2) is 4.83 Å². The summed E-state index contributed by atoms with van der Waals surface area (Å²) >= 11 is 1.56. The Morgan fingerprint density at radius 2 is 2.07 bits per heavy atom. The lowest BCUT2D eigenvalue weighted by molar-refractivity contribution is -0.117. The number of carbonyl (C=O) groups excluding carboxylic acids is 1. The van der Waals surface area contributed by atoms with Crippen LogP contribution in [0.2, 0.25) is 0 Å². The zero-order valence-corrected chi connectivity index (χ0v) is 16.8. The Morgan fingerprint density at radius 1 is 1.24 bits per heavy atom. The number of nitrogens with one attached hydrogen (secondary N) is 1. The number of hydrogen-bond acceptors (Lipinski definition) is 5. The molecule has 1 amide bonds. The normalized spacial score (nSPS) is 16.1. The van der Waals surface area contributed by atoms with Crippen molar-refractivity contribution in [1.82, 2.24) is 15.0 Å². The Balaban J connectivity index is 1.45. The molecule has 4 aromatic rings. The minimum Gasteiger partial charge on any atom is -0.324 e. The van der Waals surface area contributed by atoms with Crippen LogP contribution in [0.25, 0.3) is 21.0 Å². The number of amides is 1. The fourth-order valence-corrected chi connectivity index (χ4v) is 5.37. The molecule has 2 aromatic heterocycles. The van der Waals surface area contributed by atoms with Crippen molar-refractivity contribution < 1.29 is 4.79 Å². The first kappa shape index (κ1) is 18.0. The molecule has 2 aromatic carbocycles. The van der Waals surface area contributed by atoms with Crippen LogP contribution in [-0.4, -0.2) is 20.9 Å². The van der Waals surface area contributed by atoms with E-state index in [9.17, 15) is 9.59 Å². The molecule has 0 spiro atoms. The summed E-state index contributed by atoms with van der Waals surface area (Å²) in [5.74, 6) is 0.326. The number of aryl methyl sites for hydroxylation is 1. The van der Waals surface area contributed by atoms with Gasteiger partial charge in [-0.1, -0.05) is 48.5 Å². The lowest BCUT2D eigenvalue weighted by atomic mass is 9.89. The van der Waals surface area contributed by atoms with Gasteiger partial charge in [-0.25, -0.2) is 4.68 Å². The van der Waals surface area contributed by atoms with Crippen LogP contribution in [-0.2, 0) is 24.2 Å². The van der Waals surface area contributed by atoms with Gasteiger partial charge < -0.3 is 5.32 Å². The summed E-state index contributed by atoms with van der Waals surface area (Å²) in [6, 6.07) is 13.6. The third-order valence-electron chi connectivity index (χ3n) is 5.54. The number of benzene rings is 2. The number of hydrogen-bond donors (Lipinski definition) is 1. The first-order valence-corrected chi connectivity index (χ1v) is 10.6. The average molecular weight is 404 g/mol. The van der Waals surface area contributed by atoms with E-state index in [0.29, 0.717) is 16.1 Å². The molecule has 0 bridgehead atoms. The van der Waals surface area contributed by atoms with E-state index in [1.54, 1.807) is 11.3 Å². The highest BCUT2D eigenvalue weighted by molar-refractivity contribution is 7.18. The first-order chi connectivity index (χ1) is 14.1. The number of thiophene rings is 1. The Morgan fingerprint density at radius 3 is 2.97 bits per heavy atom. The fourth-order valence-electron chi connectivity index (χ4n) is 4.06. The molecule has 0 saturated heterocycles. The van der Waals surface area contributed by atoms with Gasteiger partial charge in [0.05, 0.1) is 5.39 Å². The van der Waals surface area contributed by atoms with Crippen molar-refractivity contribution in [1.29, 1.82) is 0 Å². The van der Waals surface area contributed by atoms with Gasteiger partial charge in [-0.15, -0.1) is 16.4 Å². The Bertz CT molecular complexity index is 1300. The maximum absolute atomic E-state index is 13.0. The van der Waals surface area contributed by atoms with E-state index in [2.05, 4.69) is 22.6 Å². The van der Waals surface area contributed by atoms with Gasteiger partial charge in [0.2, 0.25) is 5.91 Å². The van der Waals surface area contributed by atoms with Crippen LogP contribution in [0.15, 0.2) is 47.3 Å². The van der Waals surface area contributed by atoms with E-state index in [1.165, 1.54) is 9.56 Å². The summed E-state index contributed by atoms with van der Waals surface area (Å²) in [5, 5.41) is 13.8. The molecule has 1 N–H and O–H groups in total. The molecule has 2 heterocycles. The van der Waals surface area contributed by atoms with Crippen molar-refractivity contribution in [3.63, 3.8) is 0 Å². The summed E-state index contributed by atoms with van der Waals surface area (Å²) in [6.07, 6.45) is 2.94. The molecule has 5 rings (SSSR count). The topological polar surface area (TPSA) is 76.9 Å². The van der Waals surface area contributed by atoms with Gasteiger partial charge in [0, 0.05) is 16.0 Å². The van der Waals surface area contributed by atoms with Crippen molar-refractivity contribution in [2.24, 2.45) is 5.92 Å². The molecule has 29 heavy (non-hydrogen) atoms. The maximum atomic E-state index is 13.0. The second kappa shape index (κ2) is 7.08. The predicted octanol–water partition coefficient (Wildman–Crippen LogP) is 3.77. The number of fused-ring (bicyclic) bond motifs is 4. The highest BCUT2D eigenvalue weighted by Crippen LogP contribution is 2.35. The third-order valence-corrected chi connectivity index (χ3v) is 6.68. The van der Waals surface area contributed by atoms with Gasteiger partial charge in [0.25, 0.3) is 5.56 Å². The van der Waals surface area contributed by atoms with E-state index in [4.69, 9.17) is 0 Å². The van der Waals surface area contributed by atoms with Crippen LogP contribution < -0.4 is 10.9 Å². The molecule has 0 fully saturated rings. The van der Waals surface area contributed by atoms with Gasteiger partial charge >= 0.3 is 0 Å². The van der Waals surface area contributed by atoms with Crippen molar-refractivity contribution >= 4 is 43.9 Å². The molecule has 7 heteroatoms. The summed E-state index contributed by atoms with van der Waals surface area (Å²) in [4.78, 5) is 27.6. The molecular weight excluding hydrogens is 384 g/mol. The van der Waals surface area contributed by atoms with E-state index in [0.717, 1.165) is 41.3 Å². The quantitative estimate of drug-likeness (QED) is 0.564. The molecule has 6 nitrogen and oxygen atoms in total. The second-order valence-electron chi connectivity index (χ2n) is 7.66. The van der Waals surface area contributed by atoms with Crippen LogP contribution in [0.5, 0.6) is 0 Å². The summed E-state index contributed by atoms with van der Waals surface area (Å²) in [5.41, 5.74) is 1.60. The zero-order chi connectivity index (χ0) is 20.0. The van der Waals surface area contributed by atoms with E-state index >= 15 is 0 Å². The van der Waals surface area contributed by atoms with Gasteiger partial charge in [-0.2, -0.15) is 0 Å². The van der Waals surface area contributed by atoms with Crippen LogP contribution in [0, 0.1) is 5.92 Å². The summed E-state index contributed by atoms with van der Waals surface area (Å²) in [7, 11) is 0. The molecule has 0 unspecified atom stereocenters. The van der Waals surface area contributed by atoms with Crippen LogP contribution >= 0.6 is 11.3 Å². The molecule has 1 aliphatic carbocycles. The largest absolute Gasteiger partial charge is 0.324 e. The number of aromatic nitrogens is 3. The minimum absolute atomic E-state index is 0.161. The van der Waals surface area contributed by atoms with Gasteiger partial charge in [-0.3, -0.25) is 9.59 Å². The predicted molar refractivity (Wildman–Crippen MR) is 115 cm³/mol. The minimum atomic E-state index is -0.296. The molecule has 1 aliphatic rings. The SMILES string of the molecule is C[C@H]1CCc2c(sc3nnn(CC(=O)Nc4cccc5ccccc45)c(=O)c23)C1. The molecule has 146 valence electrons. The number of rotatable bonds is 3. The van der Waals surface area contributed by atoms with Crippen LogP contribution in [0.3, 0.4) is 0 Å². The lowest BCUT2D eigenvalue weighted by Crippen LogP contribution is -2.30. The Labute approximate surface area is 171 Å². The second-order valence-corrected chi connectivity index (χ2v) is 8.74. The van der Waals surface area contributed by atoms with Crippen LogP contribution in [0.1, 0.15) is 23.8 Å². The van der Waals surface area contributed by atoms with Crippen molar-refractivity contribution in [3.8, 4) is 0 Å². The van der Waals surface area contributed by atoms with Crippen molar-refractivity contribution in [3.05, 3.63) is 63.3 Å². The Kier molecular flexibility index (Phi) is 4.39. The van der Waals surface area contributed by atoms with Crippen molar-refractivity contribution in [2.45, 2.75) is 32.7 Å². The Hall–Kier alpha value is -3.06. The van der Waals surface area contributed by atoms with E-state index < -0.39 is 0 Å². The molecule has 0 radical (unpaired) electrons. The number of nitrogens with zero attached hydrogens (tertiary/aromatic N) is 3. The molecule has 0 aliphatic heterocycles. The fraction of sp³-hybridized carbons (Fsp3) is 0.273. The molecular formula is C22H20N4O2S. The smallest absolute Gasteiger partial charge is 0.279 e. The average Bonchev–Trinajstić information content (AvgIpc) is 3.08. The monoisotopic (exact) mass is 404 g/mol. The van der Waals surface area contributed by atoms with Gasteiger partial charge in [0.1, 0.15) is 6.54 Å². The van der Waals surface area contributed by atoms with Crippen molar-refractivity contribution in [2.75, 3.05) is 5.32 Å². The van der Waals surface area contributed by atoms with E-state index in [1.807, 2.05) is 42.5 Å². The maximum Gasteiger partial charge on any atom is 0.279 e. The lowest BCUT2D eigenvalue weighted by Gasteiger charge is -2.17. The van der Waals surface area contributed by atoms with Gasteiger partial charge in [-0.05, 0) is 42.2 Å². The highest BCUT2D eigenvalue weighted by atomic mass is 32.1. The molecule has 1 atom stereocenters. The third kappa shape index (κ3) is 3.21. The number of carbonyl (C=O) groups is 1. The highest BCUT2D eigenvalue weighted by Gasteiger charge is 2.24. The standard InChI is InChI=1S/C22H20N4O2S/c1-13-9-10-16-18(11-13)29-21-20(16)22(28)26(25-24-21)12-19(27)23-17-8-4-6-14-5-2-3-7-15(14)17/h2-8,13H,9-12H2,1H3,(H,23,27)/t13-/m0/s1. The molecule has 0 saturated carbocycles.